The standard InChI is InChI=1S/C7H6O2/c8-4-6-1-2-7(3-6)5-9/h1-2,4-5H,3H2. The summed E-state index contributed by atoms with van der Waals surface area (Å²) in [5.41, 5.74) is 1.36. The first kappa shape index (κ1) is 5.95. The van der Waals surface area contributed by atoms with Crippen LogP contribution in [0.1, 0.15) is 6.42 Å². The van der Waals surface area contributed by atoms with E-state index in [2.05, 4.69) is 0 Å². The third-order valence-corrected chi connectivity index (χ3v) is 1.22. The molecule has 0 spiro atoms. The monoisotopic (exact) mass is 122 g/mol. The Morgan fingerprint density at radius 3 is 1.78 bits per heavy atom. The Hall–Kier alpha value is -1.18. The van der Waals surface area contributed by atoms with Gasteiger partial charge in [0.05, 0.1) is 0 Å². The van der Waals surface area contributed by atoms with Crippen molar-refractivity contribution in [3.8, 4) is 0 Å². The first-order chi connectivity index (χ1) is 4.36. The van der Waals surface area contributed by atoms with Gasteiger partial charge in [-0.05, 0) is 11.1 Å². The Morgan fingerprint density at radius 1 is 1.11 bits per heavy atom. The SMILES string of the molecule is O=CC1=CC=C(C=O)C1. The number of carbonyl (C=O) groups is 2. The Labute approximate surface area is 52.9 Å². The van der Waals surface area contributed by atoms with Gasteiger partial charge in [-0.2, -0.15) is 0 Å². The second-order valence-corrected chi connectivity index (χ2v) is 1.90. The summed E-state index contributed by atoms with van der Waals surface area (Å²) in [5, 5.41) is 0. The molecule has 0 radical (unpaired) electrons. The molecule has 0 amide bonds. The molecular formula is C7H6O2. The number of allylic oxidation sites excluding steroid dienone is 4. The van der Waals surface area contributed by atoms with E-state index in [1.54, 1.807) is 12.2 Å². The average Bonchev–Trinajstić information content (AvgIpc) is 2.34. The third-order valence-electron chi connectivity index (χ3n) is 1.22. The van der Waals surface area contributed by atoms with Gasteiger partial charge < -0.3 is 0 Å². The molecule has 0 aromatic heterocycles. The van der Waals surface area contributed by atoms with Crippen molar-refractivity contribution in [1.82, 2.24) is 0 Å². The Balaban J connectivity index is 2.62. The molecule has 1 aliphatic rings. The van der Waals surface area contributed by atoms with Gasteiger partial charge in [-0.3, -0.25) is 9.59 Å². The second kappa shape index (κ2) is 2.40. The summed E-state index contributed by atoms with van der Waals surface area (Å²) in [6.07, 6.45) is 5.38. The normalized spacial score (nSPS) is 16.4. The number of aldehydes is 2. The highest BCUT2D eigenvalue weighted by atomic mass is 16.1. The largest absolute Gasteiger partial charge is 0.298 e. The van der Waals surface area contributed by atoms with Crippen molar-refractivity contribution < 1.29 is 9.59 Å². The van der Waals surface area contributed by atoms with Gasteiger partial charge in [0.15, 0.2) is 0 Å². The fraction of sp³-hybridized carbons (Fsp3) is 0.143. The molecule has 2 nitrogen and oxygen atoms in total. The zero-order chi connectivity index (χ0) is 6.69. The molecule has 1 aliphatic carbocycles. The molecule has 0 heterocycles. The minimum Gasteiger partial charge on any atom is -0.298 e. The van der Waals surface area contributed by atoms with E-state index in [0.717, 1.165) is 12.6 Å². The molecule has 0 aromatic carbocycles. The van der Waals surface area contributed by atoms with Crippen molar-refractivity contribution in [1.29, 1.82) is 0 Å². The highest BCUT2D eigenvalue weighted by Crippen LogP contribution is 2.13. The van der Waals surface area contributed by atoms with Crippen LogP contribution in [0.3, 0.4) is 0 Å². The smallest absolute Gasteiger partial charge is 0.146 e. The Bertz CT molecular complexity index is 177. The lowest BCUT2D eigenvalue weighted by Crippen LogP contribution is -1.83. The summed E-state index contributed by atoms with van der Waals surface area (Å²) in [5.74, 6) is 0. The van der Waals surface area contributed by atoms with Gasteiger partial charge in [-0.25, -0.2) is 0 Å². The lowest BCUT2D eigenvalue weighted by molar-refractivity contribution is -0.105. The van der Waals surface area contributed by atoms with Crippen LogP contribution < -0.4 is 0 Å². The quantitative estimate of drug-likeness (QED) is 0.504. The van der Waals surface area contributed by atoms with Crippen LogP contribution in [0.4, 0.5) is 0 Å². The van der Waals surface area contributed by atoms with E-state index in [-0.39, 0.29) is 0 Å². The van der Waals surface area contributed by atoms with Crippen molar-refractivity contribution in [2.45, 2.75) is 6.42 Å². The summed E-state index contributed by atoms with van der Waals surface area (Å²) >= 11 is 0. The third kappa shape index (κ3) is 1.13. The number of carbonyl (C=O) groups excluding carboxylic acids is 2. The zero-order valence-corrected chi connectivity index (χ0v) is 4.83. The highest BCUT2D eigenvalue weighted by Gasteiger charge is 2.04. The van der Waals surface area contributed by atoms with Crippen LogP contribution >= 0.6 is 0 Å². The van der Waals surface area contributed by atoms with Crippen molar-refractivity contribution in [3.05, 3.63) is 23.3 Å². The number of rotatable bonds is 2. The van der Waals surface area contributed by atoms with E-state index in [1.807, 2.05) is 0 Å². The van der Waals surface area contributed by atoms with Crippen molar-refractivity contribution >= 4 is 12.6 Å². The molecule has 0 aliphatic heterocycles. The maximum absolute atomic E-state index is 10.1. The van der Waals surface area contributed by atoms with Crippen LogP contribution in [-0.4, -0.2) is 12.6 Å². The van der Waals surface area contributed by atoms with Gasteiger partial charge in [0.25, 0.3) is 0 Å². The summed E-state index contributed by atoms with van der Waals surface area (Å²) in [7, 11) is 0. The molecule has 2 heteroatoms. The van der Waals surface area contributed by atoms with E-state index in [9.17, 15) is 9.59 Å². The molecule has 0 N–H and O–H groups in total. The van der Waals surface area contributed by atoms with Crippen LogP contribution in [-0.2, 0) is 9.59 Å². The topological polar surface area (TPSA) is 34.1 Å². The molecule has 0 bridgehead atoms. The molecule has 0 fully saturated rings. The van der Waals surface area contributed by atoms with Gasteiger partial charge in [-0.1, -0.05) is 12.2 Å². The molecule has 0 saturated heterocycles. The molecule has 1 rings (SSSR count). The molecule has 9 heavy (non-hydrogen) atoms. The van der Waals surface area contributed by atoms with E-state index in [4.69, 9.17) is 0 Å². The van der Waals surface area contributed by atoms with E-state index in [0.29, 0.717) is 17.6 Å². The predicted octanol–water partition coefficient (Wildman–Crippen LogP) is 0.641. The molecule has 46 valence electrons. The molecule has 0 aromatic rings. The van der Waals surface area contributed by atoms with Crippen LogP contribution in [0.2, 0.25) is 0 Å². The zero-order valence-electron chi connectivity index (χ0n) is 4.83. The fourth-order valence-corrected chi connectivity index (χ4v) is 0.730. The van der Waals surface area contributed by atoms with Crippen molar-refractivity contribution in [2.75, 3.05) is 0 Å². The lowest BCUT2D eigenvalue weighted by atomic mass is 10.2. The molecule has 0 saturated carbocycles. The predicted molar refractivity (Wildman–Crippen MR) is 32.9 cm³/mol. The van der Waals surface area contributed by atoms with Crippen LogP contribution in [0, 0.1) is 0 Å². The highest BCUT2D eigenvalue weighted by molar-refractivity contribution is 5.84. The first-order valence-corrected chi connectivity index (χ1v) is 2.67. The first-order valence-electron chi connectivity index (χ1n) is 2.67. The lowest BCUT2D eigenvalue weighted by Gasteiger charge is -1.85. The average molecular weight is 122 g/mol. The number of hydrogen-bond acceptors (Lipinski definition) is 2. The maximum Gasteiger partial charge on any atom is 0.146 e. The van der Waals surface area contributed by atoms with Gasteiger partial charge in [0.1, 0.15) is 12.6 Å². The summed E-state index contributed by atoms with van der Waals surface area (Å²) < 4.78 is 0. The van der Waals surface area contributed by atoms with Crippen molar-refractivity contribution in [2.24, 2.45) is 0 Å². The summed E-state index contributed by atoms with van der Waals surface area (Å²) in [4.78, 5) is 20.1. The van der Waals surface area contributed by atoms with E-state index < -0.39 is 0 Å². The summed E-state index contributed by atoms with van der Waals surface area (Å²) in [6.45, 7) is 0. The van der Waals surface area contributed by atoms with Crippen LogP contribution in [0.25, 0.3) is 0 Å². The molecular weight excluding hydrogens is 116 g/mol. The van der Waals surface area contributed by atoms with Crippen LogP contribution in [0.5, 0.6) is 0 Å². The minimum absolute atomic E-state index is 0.507. The Morgan fingerprint density at radius 2 is 1.56 bits per heavy atom. The van der Waals surface area contributed by atoms with Gasteiger partial charge in [-0.15, -0.1) is 0 Å². The van der Waals surface area contributed by atoms with Gasteiger partial charge >= 0.3 is 0 Å². The van der Waals surface area contributed by atoms with E-state index >= 15 is 0 Å². The fourth-order valence-electron chi connectivity index (χ4n) is 0.730. The molecule has 0 atom stereocenters. The minimum atomic E-state index is 0.507. The van der Waals surface area contributed by atoms with Gasteiger partial charge in [0.2, 0.25) is 0 Å². The number of hydrogen-bond donors (Lipinski definition) is 0. The maximum atomic E-state index is 10.1. The van der Waals surface area contributed by atoms with Crippen LogP contribution in [0.15, 0.2) is 23.3 Å². The Kier molecular flexibility index (Phi) is 1.58. The van der Waals surface area contributed by atoms with Gasteiger partial charge in [0, 0.05) is 6.42 Å². The second-order valence-electron chi connectivity index (χ2n) is 1.90. The summed E-state index contributed by atoms with van der Waals surface area (Å²) in [6, 6.07) is 0. The molecule has 0 unspecified atom stereocenters. The van der Waals surface area contributed by atoms with E-state index in [1.165, 1.54) is 0 Å². The van der Waals surface area contributed by atoms with Crippen molar-refractivity contribution in [3.63, 3.8) is 0 Å².